The van der Waals surface area contributed by atoms with Crippen LogP contribution in [-0.4, -0.2) is 11.6 Å². The Hall–Kier alpha value is -1.32. The first-order valence-corrected chi connectivity index (χ1v) is 7.36. The molecule has 20 heavy (non-hydrogen) atoms. The number of hydrogen-bond acceptors (Lipinski definition) is 3. The third-order valence-electron chi connectivity index (χ3n) is 3.11. The molecule has 2 nitrogen and oxygen atoms in total. The van der Waals surface area contributed by atoms with Gasteiger partial charge in [0.2, 0.25) is 0 Å². The van der Waals surface area contributed by atoms with Gasteiger partial charge in [0, 0.05) is 10.7 Å². The van der Waals surface area contributed by atoms with Gasteiger partial charge in [-0.15, -0.1) is 0 Å². The molecule has 2 rings (SSSR count). The lowest BCUT2D eigenvalue weighted by molar-refractivity contribution is 0.340. The van der Waals surface area contributed by atoms with Crippen LogP contribution < -0.4 is 4.74 Å². The van der Waals surface area contributed by atoms with Crippen molar-refractivity contribution in [3.05, 3.63) is 40.6 Å². The van der Waals surface area contributed by atoms with E-state index in [1.165, 1.54) is 0 Å². The number of benzene rings is 1. The fraction of sp³-hybridized carbons (Fsp3) is 0.312. The Bertz CT molecular complexity index is 663. The zero-order valence-corrected chi connectivity index (χ0v) is 13.4. The van der Waals surface area contributed by atoms with Crippen molar-refractivity contribution < 1.29 is 4.74 Å². The SMILES string of the molecule is CCOc1ccc2nc(C)c(C/C=C(\C)Cl)c([S-])c2c1. The Morgan fingerprint density at radius 3 is 2.85 bits per heavy atom. The molecule has 0 fully saturated rings. The molecule has 0 N–H and O–H groups in total. The fourth-order valence-electron chi connectivity index (χ4n) is 2.11. The summed E-state index contributed by atoms with van der Waals surface area (Å²) in [6.45, 7) is 6.45. The van der Waals surface area contributed by atoms with Gasteiger partial charge in [0.25, 0.3) is 0 Å². The van der Waals surface area contributed by atoms with E-state index in [9.17, 15) is 0 Å². The normalized spacial score (nSPS) is 11.9. The second-order valence-corrected chi connectivity index (χ2v) is 5.62. The number of aryl methyl sites for hydroxylation is 1. The Labute approximate surface area is 130 Å². The minimum Gasteiger partial charge on any atom is -0.779 e. The average molecular weight is 307 g/mol. The van der Waals surface area contributed by atoms with Gasteiger partial charge in [-0.1, -0.05) is 17.7 Å². The lowest BCUT2D eigenvalue weighted by Crippen LogP contribution is -1.98. The van der Waals surface area contributed by atoms with Gasteiger partial charge in [0.05, 0.1) is 12.1 Å². The molecule has 106 valence electrons. The van der Waals surface area contributed by atoms with Crippen molar-refractivity contribution in [1.82, 2.24) is 4.98 Å². The molecule has 1 heterocycles. The molecule has 0 bridgehead atoms. The molecular formula is C16H17ClNOS-. The maximum atomic E-state index is 5.90. The average Bonchev–Trinajstić information content (AvgIpc) is 2.39. The van der Waals surface area contributed by atoms with Crippen LogP contribution in [-0.2, 0) is 19.0 Å². The van der Waals surface area contributed by atoms with Crippen LogP contribution in [0.2, 0.25) is 0 Å². The summed E-state index contributed by atoms with van der Waals surface area (Å²) >= 11 is 11.5. The van der Waals surface area contributed by atoms with E-state index < -0.39 is 0 Å². The van der Waals surface area contributed by atoms with Gasteiger partial charge in [0.15, 0.2) is 0 Å². The van der Waals surface area contributed by atoms with Crippen molar-refractivity contribution in [2.75, 3.05) is 6.61 Å². The molecule has 0 amide bonds. The number of fused-ring (bicyclic) bond motifs is 1. The summed E-state index contributed by atoms with van der Waals surface area (Å²) in [5.74, 6) is 0.826. The molecule has 0 saturated carbocycles. The zero-order chi connectivity index (χ0) is 14.7. The summed E-state index contributed by atoms with van der Waals surface area (Å²) in [6, 6.07) is 5.85. The van der Waals surface area contributed by atoms with Crippen molar-refractivity contribution in [2.45, 2.75) is 32.1 Å². The molecule has 2 aromatic rings. The van der Waals surface area contributed by atoms with Crippen LogP contribution in [0.4, 0.5) is 0 Å². The van der Waals surface area contributed by atoms with Crippen LogP contribution in [0.3, 0.4) is 0 Å². The molecular weight excluding hydrogens is 290 g/mol. The molecule has 0 atom stereocenters. The molecule has 0 unspecified atom stereocenters. The molecule has 0 aliphatic rings. The summed E-state index contributed by atoms with van der Waals surface area (Å²) < 4.78 is 5.53. The van der Waals surface area contributed by atoms with E-state index in [2.05, 4.69) is 4.98 Å². The minimum atomic E-state index is 0.637. The van der Waals surface area contributed by atoms with E-state index in [0.29, 0.717) is 13.0 Å². The first kappa shape index (κ1) is 15.1. The van der Waals surface area contributed by atoms with Gasteiger partial charge in [-0.05, 0) is 56.3 Å². The third-order valence-corrected chi connectivity index (χ3v) is 3.73. The standard InChI is InChI=1S/C16H18ClNOS/c1-4-19-12-6-8-15-14(9-12)16(20)13(11(3)18-15)7-5-10(2)17/h5-6,8-9H,4,7H2,1-3H3,(H,18,20)/p-1/b10-5+. The Morgan fingerprint density at radius 1 is 1.45 bits per heavy atom. The van der Waals surface area contributed by atoms with Crippen molar-refractivity contribution in [2.24, 2.45) is 0 Å². The van der Waals surface area contributed by atoms with Gasteiger partial charge in [-0.25, -0.2) is 0 Å². The summed E-state index contributed by atoms with van der Waals surface area (Å²) in [6.07, 6.45) is 2.67. The highest BCUT2D eigenvalue weighted by Crippen LogP contribution is 2.27. The smallest absolute Gasteiger partial charge is 0.119 e. The van der Waals surface area contributed by atoms with Crippen LogP contribution >= 0.6 is 11.6 Å². The van der Waals surface area contributed by atoms with E-state index in [0.717, 1.165) is 37.8 Å². The van der Waals surface area contributed by atoms with Crippen LogP contribution in [0.15, 0.2) is 34.2 Å². The van der Waals surface area contributed by atoms with Gasteiger partial charge in [-0.3, -0.25) is 4.98 Å². The number of halogens is 1. The molecule has 4 heteroatoms. The van der Waals surface area contributed by atoms with E-state index in [4.69, 9.17) is 29.0 Å². The van der Waals surface area contributed by atoms with Crippen molar-refractivity contribution in [3.8, 4) is 5.75 Å². The number of allylic oxidation sites excluding steroid dienone is 2. The summed E-state index contributed by atoms with van der Waals surface area (Å²) in [4.78, 5) is 5.46. The van der Waals surface area contributed by atoms with Gasteiger partial charge in [-0.2, -0.15) is 4.90 Å². The lowest BCUT2D eigenvalue weighted by atomic mass is 10.1. The quantitative estimate of drug-likeness (QED) is 0.775. The summed E-state index contributed by atoms with van der Waals surface area (Å²) in [5, 5.41) is 1.73. The monoisotopic (exact) mass is 306 g/mol. The number of pyridine rings is 1. The predicted molar refractivity (Wildman–Crippen MR) is 86.6 cm³/mol. The van der Waals surface area contributed by atoms with Crippen LogP contribution in [0, 0.1) is 6.92 Å². The lowest BCUT2D eigenvalue weighted by Gasteiger charge is -2.19. The highest BCUT2D eigenvalue weighted by atomic mass is 35.5. The minimum absolute atomic E-state index is 0.637. The first-order valence-electron chi connectivity index (χ1n) is 6.58. The summed E-state index contributed by atoms with van der Waals surface area (Å²) in [7, 11) is 0. The van der Waals surface area contributed by atoms with Crippen molar-refractivity contribution in [3.63, 3.8) is 0 Å². The molecule has 0 spiro atoms. The van der Waals surface area contributed by atoms with E-state index >= 15 is 0 Å². The van der Waals surface area contributed by atoms with E-state index in [-0.39, 0.29) is 0 Å². The number of nitrogens with zero attached hydrogens (tertiary/aromatic N) is 1. The topological polar surface area (TPSA) is 22.1 Å². The molecule has 0 saturated heterocycles. The Morgan fingerprint density at radius 2 is 2.20 bits per heavy atom. The zero-order valence-electron chi connectivity index (χ0n) is 11.9. The number of ether oxygens (including phenoxy) is 1. The maximum Gasteiger partial charge on any atom is 0.119 e. The van der Waals surface area contributed by atoms with Crippen molar-refractivity contribution >= 4 is 35.1 Å². The Balaban J connectivity index is 2.56. The summed E-state index contributed by atoms with van der Waals surface area (Å²) in [5.41, 5.74) is 2.92. The molecule has 0 aliphatic carbocycles. The maximum absolute atomic E-state index is 5.90. The molecule has 0 aliphatic heterocycles. The highest BCUT2D eigenvalue weighted by molar-refractivity contribution is 7.59. The second-order valence-electron chi connectivity index (χ2n) is 4.61. The van der Waals surface area contributed by atoms with Crippen LogP contribution in [0.5, 0.6) is 5.75 Å². The van der Waals surface area contributed by atoms with Crippen LogP contribution in [0.25, 0.3) is 10.9 Å². The highest BCUT2D eigenvalue weighted by Gasteiger charge is 2.05. The van der Waals surface area contributed by atoms with Crippen LogP contribution in [0.1, 0.15) is 25.1 Å². The second kappa shape index (κ2) is 6.42. The molecule has 1 aromatic carbocycles. The number of aromatic nitrogens is 1. The molecule has 1 aromatic heterocycles. The third kappa shape index (κ3) is 3.22. The van der Waals surface area contributed by atoms with Crippen molar-refractivity contribution in [1.29, 1.82) is 0 Å². The Kier molecular flexibility index (Phi) is 4.84. The first-order chi connectivity index (χ1) is 9.52. The van der Waals surface area contributed by atoms with Gasteiger partial charge in [0.1, 0.15) is 5.75 Å². The van der Waals surface area contributed by atoms with E-state index in [1.807, 2.05) is 45.0 Å². The largest absolute Gasteiger partial charge is 0.779 e. The number of rotatable bonds is 4. The van der Waals surface area contributed by atoms with Gasteiger partial charge < -0.3 is 17.4 Å². The fourth-order valence-corrected chi connectivity index (χ4v) is 2.58. The number of hydrogen-bond donors (Lipinski definition) is 0. The predicted octanol–water partition coefficient (Wildman–Crippen LogP) is 4.53. The molecule has 0 radical (unpaired) electrons. The van der Waals surface area contributed by atoms with Gasteiger partial charge >= 0.3 is 0 Å². The van der Waals surface area contributed by atoms with E-state index in [1.54, 1.807) is 0 Å².